The number of pyridine rings is 1. The van der Waals surface area contributed by atoms with Crippen molar-refractivity contribution in [1.29, 1.82) is 0 Å². The van der Waals surface area contributed by atoms with E-state index in [1.807, 2.05) is 0 Å². The molecule has 5 nitrogen and oxygen atoms in total. The Hall–Kier alpha value is -1.67. The maximum atomic E-state index is 12.4. The summed E-state index contributed by atoms with van der Waals surface area (Å²) in [6.07, 6.45) is -2.06. The molecule has 1 aromatic heterocycles. The van der Waals surface area contributed by atoms with E-state index in [9.17, 15) is 18.0 Å². The molecule has 22 heavy (non-hydrogen) atoms. The number of nitrogens with zero attached hydrogens (tertiary/aromatic N) is 2. The Kier molecular flexibility index (Phi) is 4.72. The second kappa shape index (κ2) is 6.21. The zero-order chi connectivity index (χ0) is 16.4. The summed E-state index contributed by atoms with van der Waals surface area (Å²) in [6.45, 7) is 1.96. The lowest BCUT2D eigenvalue weighted by Crippen LogP contribution is -2.50. The van der Waals surface area contributed by atoms with Crippen molar-refractivity contribution in [3.05, 3.63) is 29.6 Å². The average molecular weight is 316 g/mol. The Morgan fingerprint density at radius 1 is 1.32 bits per heavy atom. The van der Waals surface area contributed by atoms with Crippen LogP contribution in [-0.2, 0) is 17.5 Å². The van der Waals surface area contributed by atoms with Gasteiger partial charge in [0.05, 0.1) is 5.41 Å². The van der Waals surface area contributed by atoms with Crippen LogP contribution in [0.15, 0.2) is 18.3 Å². The van der Waals surface area contributed by atoms with Crippen LogP contribution in [0.25, 0.3) is 0 Å². The summed E-state index contributed by atoms with van der Waals surface area (Å²) in [5, 5.41) is 0. The summed E-state index contributed by atoms with van der Waals surface area (Å²) in [5.41, 5.74) is 10.2. The third-order valence-electron chi connectivity index (χ3n) is 4.25. The first-order valence-electron chi connectivity index (χ1n) is 7.01. The minimum absolute atomic E-state index is 0.220. The highest BCUT2D eigenvalue weighted by Crippen LogP contribution is 2.31. The Labute approximate surface area is 126 Å². The van der Waals surface area contributed by atoms with E-state index in [0.717, 1.165) is 6.07 Å². The summed E-state index contributed by atoms with van der Waals surface area (Å²) >= 11 is 0. The number of aromatic nitrogens is 1. The highest BCUT2D eigenvalue weighted by atomic mass is 19.4. The lowest BCUT2D eigenvalue weighted by Gasteiger charge is -2.38. The number of rotatable bonds is 4. The molecule has 0 atom stereocenters. The molecule has 8 heteroatoms. The van der Waals surface area contributed by atoms with Gasteiger partial charge in [0.15, 0.2) is 0 Å². The molecular formula is C14H19F3N4O. The third kappa shape index (κ3) is 3.56. The van der Waals surface area contributed by atoms with Gasteiger partial charge in [-0.25, -0.2) is 0 Å². The zero-order valence-electron chi connectivity index (χ0n) is 12.1. The molecule has 122 valence electrons. The van der Waals surface area contributed by atoms with Crippen LogP contribution in [0.1, 0.15) is 24.1 Å². The standard InChI is InChI=1S/C14H19F3N4O/c15-14(16,17)11-2-1-10(7-20-11)8-21-5-3-13(9-18,4-6-21)12(19)22/h1-2,7H,3-6,8-9,18H2,(H2,19,22). The lowest BCUT2D eigenvalue weighted by molar-refractivity contribution is -0.141. The topological polar surface area (TPSA) is 85.2 Å². The minimum Gasteiger partial charge on any atom is -0.369 e. The molecule has 4 N–H and O–H groups in total. The van der Waals surface area contributed by atoms with Gasteiger partial charge in [-0.1, -0.05) is 6.07 Å². The number of alkyl halides is 3. The summed E-state index contributed by atoms with van der Waals surface area (Å²) < 4.78 is 37.3. The molecule has 0 aliphatic carbocycles. The molecule has 1 aromatic rings. The summed E-state index contributed by atoms with van der Waals surface area (Å²) in [4.78, 5) is 17.0. The number of hydrogen-bond acceptors (Lipinski definition) is 4. The van der Waals surface area contributed by atoms with Gasteiger partial charge in [-0.15, -0.1) is 0 Å². The second-order valence-corrected chi connectivity index (χ2v) is 5.67. The van der Waals surface area contributed by atoms with Crippen molar-refractivity contribution in [3.63, 3.8) is 0 Å². The van der Waals surface area contributed by atoms with Gasteiger partial charge in [-0.05, 0) is 37.6 Å². The Morgan fingerprint density at radius 2 is 1.95 bits per heavy atom. The number of carbonyl (C=O) groups is 1. The van der Waals surface area contributed by atoms with Gasteiger partial charge in [-0.2, -0.15) is 13.2 Å². The normalized spacial score (nSPS) is 19.1. The van der Waals surface area contributed by atoms with E-state index >= 15 is 0 Å². The van der Waals surface area contributed by atoms with Crippen molar-refractivity contribution < 1.29 is 18.0 Å². The van der Waals surface area contributed by atoms with Gasteiger partial charge >= 0.3 is 6.18 Å². The van der Waals surface area contributed by atoms with Crippen molar-refractivity contribution in [2.24, 2.45) is 16.9 Å². The molecule has 1 aliphatic rings. The van der Waals surface area contributed by atoms with Crippen LogP contribution in [0.3, 0.4) is 0 Å². The van der Waals surface area contributed by atoms with E-state index in [2.05, 4.69) is 9.88 Å². The second-order valence-electron chi connectivity index (χ2n) is 5.67. The number of primary amides is 1. The molecule has 1 aliphatic heterocycles. The number of carbonyl (C=O) groups excluding carboxylic acids is 1. The van der Waals surface area contributed by atoms with Crippen LogP contribution in [0.5, 0.6) is 0 Å². The largest absolute Gasteiger partial charge is 0.433 e. The maximum Gasteiger partial charge on any atom is 0.433 e. The molecule has 0 spiro atoms. The third-order valence-corrected chi connectivity index (χ3v) is 4.25. The van der Waals surface area contributed by atoms with Crippen LogP contribution in [0.2, 0.25) is 0 Å². The lowest BCUT2D eigenvalue weighted by atomic mass is 9.77. The van der Waals surface area contributed by atoms with Gasteiger partial charge in [0.2, 0.25) is 5.91 Å². The first kappa shape index (κ1) is 16.7. The summed E-state index contributed by atoms with van der Waals surface area (Å²) in [7, 11) is 0. The predicted molar refractivity (Wildman–Crippen MR) is 74.4 cm³/mol. The number of likely N-dealkylation sites (tertiary alicyclic amines) is 1. The molecule has 1 amide bonds. The van der Waals surface area contributed by atoms with Crippen LogP contribution in [-0.4, -0.2) is 35.4 Å². The number of amides is 1. The number of piperidine rings is 1. The highest BCUT2D eigenvalue weighted by Gasteiger charge is 2.38. The molecule has 2 heterocycles. The Balaban J connectivity index is 1.95. The van der Waals surface area contributed by atoms with Crippen molar-refractivity contribution in [2.45, 2.75) is 25.6 Å². The van der Waals surface area contributed by atoms with Crippen LogP contribution in [0, 0.1) is 5.41 Å². The van der Waals surface area contributed by atoms with Crippen LogP contribution < -0.4 is 11.5 Å². The molecule has 2 rings (SSSR count). The Bertz CT molecular complexity index is 522. The molecule has 0 bridgehead atoms. The summed E-state index contributed by atoms with van der Waals surface area (Å²) in [5.74, 6) is -0.383. The van der Waals surface area contributed by atoms with Gasteiger partial charge in [0.25, 0.3) is 0 Å². The van der Waals surface area contributed by atoms with E-state index < -0.39 is 17.3 Å². The number of nitrogens with two attached hydrogens (primary N) is 2. The molecule has 0 radical (unpaired) electrons. The smallest absolute Gasteiger partial charge is 0.369 e. The van der Waals surface area contributed by atoms with Gasteiger partial charge in [0.1, 0.15) is 5.69 Å². The van der Waals surface area contributed by atoms with Gasteiger partial charge < -0.3 is 11.5 Å². The molecule has 0 aromatic carbocycles. The molecular weight excluding hydrogens is 297 g/mol. The van der Waals surface area contributed by atoms with Crippen LogP contribution >= 0.6 is 0 Å². The SMILES string of the molecule is NCC1(C(N)=O)CCN(Cc2ccc(C(F)(F)F)nc2)CC1. The minimum atomic E-state index is -4.42. The molecule has 0 unspecified atom stereocenters. The predicted octanol–water partition coefficient (Wildman–Crippen LogP) is 1.13. The van der Waals surface area contributed by atoms with E-state index in [-0.39, 0.29) is 12.5 Å². The maximum absolute atomic E-state index is 12.4. The fraction of sp³-hybridized carbons (Fsp3) is 0.571. The fourth-order valence-corrected chi connectivity index (χ4v) is 2.63. The summed E-state index contributed by atoms with van der Waals surface area (Å²) in [6, 6.07) is 2.40. The van der Waals surface area contributed by atoms with Gasteiger partial charge in [0, 0.05) is 19.3 Å². The molecule has 1 saturated heterocycles. The first-order chi connectivity index (χ1) is 10.3. The monoisotopic (exact) mass is 316 g/mol. The zero-order valence-corrected chi connectivity index (χ0v) is 12.1. The van der Waals surface area contributed by atoms with Crippen molar-refractivity contribution >= 4 is 5.91 Å². The van der Waals surface area contributed by atoms with Crippen LogP contribution in [0.4, 0.5) is 13.2 Å². The quantitative estimate of drug-likeness (QED) is 0.872. The first-order valence-corrected chi connectivity index (χ1v) is 7.01. The molecule has 1 fully saturated rings. The van der Waals surface area contributed by atoms with Gasteiger partial charge in [-0.3, -0.25) is 14.7 Å². The van der Waals surface area contributed by atoms with E-state index in [1.165, 1.54) is 12.3 Å². The average Bonchev–Trinajstić information content (AvgIpc) is 2.47. The van der Waals surface area contributed by atoms with Crippen molar-refractivity contribution in [3.8, 4) is 0 Å². The van der Waals surface area contributed by atoms with Crippen molar-refractivity contribution in [1.82, 2.24) is 9.88 Å². The highest BCUT2D eigenvalue weighted by molar-refractivity contribution is 5.81. The Morgan fingerprint density at radius 3 is 2.36 bits per heavy atom. The number of halogens is 3. The van der Waals surface area contributed by atoms with Crippen molar-refractivity contribution in [2.75, 3.05) is 19.6 Å². The number of hydrogen-bond donors (Lipinski definition) is 2. The molecule has 0 saturated carbocycles. The van der Waals surface area contributed by atoms with E-state index in [4.69, 9.17) is 11.5 Å². The van der Waals surface area contributed by atoms with E-state index in [0.29, 0.717) is 38.0 Å². The fourth-order valence-electron chi connectivity index (χ4n) is 2.63. The van der Waals surface area contributed by atoms with E-state index in [1.54, 1.807) is 0 Å².